The van der Waals surface area contributed by atoms with Crippen LogP contribution in [0.2, 0.25) is 0 Å². The molecule has 2 aromatic rings. The first-order valence-electron chi connectivity index (χ1n) is 10.7. The Hall–Kier alpha value is -3.17. The lowest BCUT2D eigenvalue weighted by Gasteiger charge is -2.26. The van der Waals surface area contributed by atoms with E-state index in [0.29, 0.717) is 24.0 Å². The van der Waals surface area contributed by atoms with Gasteiger partial charge < -0.3 is 14.4 Å². The molecule has 0 heterocycles. The Labute approximate surface area is 190 Å². The number of nitrogens with zero attached hydrogens (tertiary/aromatic N) is 2. The fraction of sp³-hybridized carbons (Fsp3) is 0.423. The number of nitriles is 1. The number of likely N-dealkylation sites (N-methyl/N-ethyl adjacent to an activating group) is 1. The van der Waals surface area contributed by atoms with Crippen molar-refractivity contribution in [1.29, 1.82) is 5.26 Å². The Morgan fingerprint density at radius 3 is 2.25 bits per heavy atom. The summed E-state index contributed by atoms with van der Waals surface area (Å²) in [6.07, 6.45) is 1.90. The topological polar surface area (TPSA) is 79.6 Å². The minimum atomic E-state index is -1.42. The molecule has 0 amide bonds. The van der Waals surface area contributed by atoms with E-state index in [2.05, 4.69) is 43.0 Å². The third-order valence-electron chi connectivity index (χ3n) is 5.97. The predicted molar refractivity (Wildman–Crippen MR) is 123 cm³/mol. The maximum Gasteiger partial charge on any atom is 0.337 e. The van der Waals surface area contributed by atoms with Crippen molar-refractivity contribution in [2.45, 2.75) is 38.5 Å². The van der Waals surface area contributed by atoms with Crippen molar-refractivity contribution in [2.75, 3.05) is 34.4 Å². The number of ether oxygens (including phenoxy) is 2. The van der Waals surface area contributed by atoms with Crippen molar-refractivity contribution in [2.24, 2.45) is 0 Å². The summed E-state index contributed by atoms with van der Waals surface area (Å²) in [6, 6.07) is 15.1. The normalized spacial score (nSPS) is 12.7. The molecule has 0 aromatic heterocycles. The second-order valence-corrected chi connectivity index (χ2v) is 8.15. The van der Waals surface area contributed by atoms with Gasteiger partial charge in [0.1, 0.15) is 0 Å². The van der Waals surface area contributed by atoms with Crippen LogP contribution in [-0.2, 0) is 26.1 Å². The Bertz CT molecular complexity index is 978. The summed E-state index contributed by atoms with van der Waals surface area (Å²) in [5.41, 5.74) is 3.33. The number of carbonyl (C=O) groups is 2. The van der Waals surface area contributed by atoms with Crippen LogP contribution in [-0.4, -0.2) is 51.2 Å². The predicted octanol–water partition coefficient (Wildman–Crippen LogP) is 3.98. The van der Waals surface area contributed by atoms with Crippen molar-refractivity contribution in [3.8, 4) is 6.07 Å². The van der Waals surface area contributed by atoms with Crippen LogP contribution in [0.1, 0.15) is 45.5 Å². The largest absolute Gasteiger partial charge is 0.468 e. The highest BCUT2D eigenvalue weighted by atomic mass is 16.5. The summed E-state index contributed by atoms with van der Waals surface area (Å²) in [5.74, 6) is -1.06. The molecule has 6 heteroatoms. The maximum atomic E-state index is 12.6. The zero-order valence-electron chi connectivity index (χ0n) is 19.6. The Kier molecular flexibility index (Phi) is 8.98. The number of benzene rings is 2. The Balaban J connectivity index is 2.04. The van der Waals surface area contributed by atoms with Gasteiger partial charge in [-0.3, -0.25) is 0 Å². The number of methoxy groups -OCH3 is 2. The minimum Gasteiger partial charge on any atom is -0.468 e. The first kappa shape index (κ1) is 25.1. The first-order valence-corrected chi connectivity index (χ1v) is 10.7. The number of aryl methyl sites for hydroxylation is 2. The van der Waals surface area contributed by atoms with E-state index in [1.54, 1.807) is 24.3 Å². The highest BCUT2D eigenvalue weighted by Crippen LogP contribution is 2.31. The van der Waals surface area contributed by atoms with E-state index >= 15 is 0 Å². The van der Waals surface area contributed by atoms with Gasteiger partial charge in [-0.15, -0.1) is 0 Å². The molecule has 0 spiro atoms. The summed E-state index contributed by atoms with van der Waals surface area (Å²) in [4.78, 5) is 26.5. The molecule has 32 heavy (non-hydrogen) atoms. The van der Waals surface area contributed by atoms with E-state index < -0.39 is 17.4 Å². The fourth-order valence-corrected chi connectivity index (χ4v) is 3.72. The van der Waals surface area contributed by atoms with Gasteiger partial charge in [0.15, 0.2) is 5.41 Å². The average molecular weight is 437 g/mol. The molecule has 0 radical (unpaired) electrons. The second-order valence-electron chi connectivity index (χ2n) is 8.15. The van der Waals surface area contributed by atoms with Crippen LogP contribution in [0.15, 0.2) is 42.5 Å². The van der Waals surface area contributed by atoms with E-state index in [1.165, 1.54) is 30.9 Å². The van der Waals surface area contributed by atoms with E-state index in [4.69, 9.17) is 9.47 Å². The van der Waals surface area contributed by atoms with Crippen LogP contribution in [0.25, 0.3) is 0 Å². The average Bonchev–Trinajstić information content (AvgIpc) is 2.82. The Morgan fingerprint density at radius 2 is 1.69 bits per heavy atom. The number of hydrogen-bond acceptors (Lipinski definition) is 6. The zero-order valence-corrected chi connectivity index (χ0v) is 19.6. The van der Waals surface area contributed by atoms with E-state index in [1.807, 2.05) is 7.05 Å². The fourth-order valence-electron chi connectivity index (χ4n) is 3.72. The zero-order chi connectivity index (χ0) is 23.7. The Morgan fingerprint density at radius 1 is 1.00 bits per heavy atom. The molecule has 0 aliphatic rings. The van der Waals surface area contributed by atoms with E-state index in [-0.39, 0.29) is 0 Å². The van der Waals surface area contributed by atoms with Crippen LogP contribution >= 0.6 is 0 Å². The number of esters is 2. The minimum absolute atomic E-state index is 0.321. The van der Waals surface area contributed by atoms with Gasteiger partial charge in [0.25, 0.3) is 0 Å². The number of hydrogen-bond donors (Lipinski definition) is 0. The molecule has 2 rings (SSSR count). The van der Waals surface area contributed by atoms with Crippen molar-refractivity contribution in [3.05, 3.63) is 70.3 Å². The van der Waals surface area contributed by atoms with Crippen molar-refractivity contribution < 1.29 is 19.1 Å². The molecular weight excluding hydrogens is 404 g/mol. The molecule has 2 aromatic carbocycles. The summed E-state index contributed by atoms with van der Waals surface area (Å²) < 4.78 is 9.69. The van der Waals surface area contributed by atoms with Gasteiger partial charge >= 0.3 is 11.9 Å². The number of rotatable bonds is 10. The molecule has 6 nitrogen and oxygen atoms in total. The van der Waals surface area contributed by atoms with Crippen LogP contribution < -0.4 is 0 Å². The molecular formula is C26H32N2O4. The number of carbonyl (C=O) groups excluding carboxylic acids is 2. The first-order chi connectivity index (χ1) is 15.3. The molecule has 0 saturated heterocycles. The second kappa shape index (κ2) is 11.4. The molecule has 170 valence electrons. The standard InChI is InChI=1S/C26H32N2O4/c1-19-7-8-21(17-20(19)2)13-16-28(3)15-6-14-26(18-27,25(30)32-5)23-11-9-22(10-12-23)24(29)31-4/h7-12,17H,6,13-16H2,1-5H3. The molecule has 0 N–H and O–H groups in total. The van der Waals surface area contributed by atoms with Crippen molar-refractivity contribution >= 4 is 11.9 Å². The molecule has 1 unspecified atom stereocenters. The molecule has 1 atom stereocenters. The summed E-state index contributed by atoms with van der Waals surface area (Å²) in [7, 11) is 4.63. The molecule has 0 fully saturated rings. The molecule has 0 bridgehead atoms. The lowest BCUT2D eigenvalue weighted by molar-refractivity contribution is -0.145. The van der Waals surface area contributed by atoms with Gasteiger partial charge in [0, 0.05) is 6.54 Å². The third kappa shape index (κ3) is 5.95. The summed E-state index contributed by atoms with van der Waals surface area (Å²) >= 11 is 0. The van der Waals surface area contributed by atoms with Crippen LogP contribution in [0.4, 0.5) is 0 Å². The van der Waals surface area contributed by atoms with E-state index in [0.717, 1.165) is 19.5 Å². The quantitative estimate of drug-likeness (QED) is 0.524. The maximum absolute atomic E-state index is 12.6. The summed E-state index contributed by atoms with van der Waals surface area (Å²) in [6.45, 7) is 5.85. The van der Waals surface area contributed by atoms with Crippen LogP contribution in [0, 0.1) is 25.2 Å². The van der Waals surface area contributed by atoms with Crippen molar-refractivity contribution in [3.63, 3.8) is 0 Å². The highest BCUT2D eigenvalue weighted by molar-refractivity contribution is 5.90. The lowest BCUT2D eigenvalue weighted by Crippen LogP contribution is -2.36. The van der Waals surface area contributed by atoms with Gasteiger partial charge in [-0.05, 0) is 81.1 Å². The third-order valence-corrected chi connectivity index (χ3v) is 5.97. The van der Waals surface area contributed by atoms with Crippen molar-refractivity contribution in [1.82, 2.24) is 4.90 Å². The highest BCUT2D eigenvalue weighted by Gasteiger charge is 2.41. The van der Waals surface area contributed by atoms with Crippen LogP contribution in [0.5, 0.6) is 0 Å². The molecule has 0 aliphatic heterocycles. The van der Waals surface area contributed by atoms with Crippen LogP contribution in [0.3, 0.4) is 0 Å². The van der Waals surface area contributed by atoms with Gasteiger partial charge in [-0.2, -0.15) is 5.26 Å². The lowest BCUT2D eigenvalue weighted by atomic mass is 9.77. The smallest absolute Gasteiger partial charge is 0.337 e. The van der Waals surface area contributed by atoms with Gasteiger partial charge in [-0.1, -0.05) is 30.3 Å². The summed E-state index contributed by atoms with van der Waals surface area (Å²) in [5, 5.41) is 9.97. The SMILES string of the molecule is COC(=O)c1ccc(C(C#N)(CCCN(C)CCc2ccc(C)c(C)c2)C(=O)OC)cc1. The van der Waals surface area contributed by atoms with Gasteiger partial charge in [0.2, 0.25) is 0 Å². The molecule has 0 saturated carbocycles. The molecule has 0 aliphatic carbocycles. The van der Waals surface area contributed by atoms with E-state index in [9.17, 15) is 14.9 Å². The monoisotopic (exact) mass is 436 g/mol. The van der Waals surface area contributed by atoms with Gasteiger partial charge in [0.05, 0.1) is 25.9 Å². The van der Waals surface area contributed by atoms with Gasteiger partial charge in [-0.25, -0.2) is 9.59 Å².